The van der Waals surface area contributed by atoms with Crippen LogP contribution in [0.15, 0.2) is 37.3 Å². The third-order valence-electron chi connectivity index (χ3n) is 4.49. The van der Waals surface area contributed by atoms with Crippen LogP contribution in [0, 0.1) is 6.92 Å². The van der Waals surface area contributed by atoms with Gasteiger partial charge in [0.05, 0.1) is 12.2 Å². The number of sulfonamides is 1. The van der Waals surface area contributed by atoms with Crippen LogP contribution in [0.3, 0.4) is 0 Å². The van der Waals surface area contributed by atoms with Crippen molar-refractivity contribution >= 4 is 51.3 Å². The number of halogens is 1. The van der Waals surface area contributed by atoms with E-state index in [0.717, 1.165) is 56.7 Å². The summed E-state index contributed by atoms with van der Waals surface area (Å²) in [6.07, 6.45) is 0. The zero-order valence-corrected chi connectivity index (χ0v) is 21.2. The maximum absolute atomic E-state index is 12.2. The van der Waals surface area contributed by atoms with Crippen LogP contribution in [0.1, 0.15) is 18.4 Å². The second-order valence-corrected chi connectivity index (χ2v) is 9.70. The van der Waals surface area contributed by atoms with Gasteiger partial charge in [-0.05, 0) is 25.3 Å². The predicted molar refractivity (Wildman–Crippen MR) is 129 cm³/mol. The topological polar surface area (TPSA) is 103 Å². The van der Waals surface area contributed by atoms with Gasteiger partial charge in [-0.25, -0.2) is 13.1 Å². The van der Waals surface area contributed by atoms with E-state index in [1.54, 1.807) is 17.5 Å². The van der Waals surface area contributed by atoms with Crippen LogP contribution in [0.25, 0.3) is 0 Å². The molecule has 1 aliphatic heterocycles. The third-order valence-corrected chi connectivity index (χ3v) is 7.35. The molecule has 3 rings (SSSR count). The Morgan fingerprint density at radius 3 is 2.70 bits per heavy atom. The van der Waals surface area contributed by atoms with Gasteiger partial charge < -0.3 is 14.7 Å². The van der Waals surface area contributed by atoms with Crippen molar-refractivity contribution in [2.45, 2.75) is 24.6 Å². The highest BCUT2D eigenvalue weighted by Gasteiger charge is 2.20. The Balaban J connectivity index is 0.00000320. The quantitative estimate of drug-likeness (QED) is 0.217. The Kier molecular flexibility index (Phi) is 10.0. The summed E-state index contributed by atoms with van der Waals surface area (Å²) in [5.74, 6) is 1.65. The molecule has 0 atom stereocenters. The number of hydrogen-bond donors (Lipinski definition) is 2. The first-order valence-electron chi connectivity index (χ1n) is 9.69. The lowest BCUT2D eigenvalue weighted by Crippen LogP contribution is -2.52. The van der Waals surface area contributed by atoms with Crippen LogP contribution < -0.4 is 10.0 Å². The maximum Gasteiger partial charge on any atom is 0.250 e. The zero-order chi connectivity index (χ0) is 20.7. The van der Waals surface area contributed by atoms with Gasteiger partial charge in [0.1, 0.15) is 9.97 Å². The molecule has 1 aliphatic rings. The fraction of sp³-hybridized carbons (Fsp3) is 0.556. The molecule has 0 radical (unpaired) electrons. The van der Waals surface area contributed by atoms with Gasteiger partial charge in [0.25, 0.3) is 0 Å². The Labute approximate surface area is 199 Å². The van der Waals surface area contributed by atoms with E-state index in [-0.39, 0.29) is 30.5 Å². The zero-order valence-electron chi connectivity index (χ0n) is 17.2. The number of guanidine groups is 1. The summed E-state index contributed by atoms with van der Waals surface area (Å²) in [6.45, 7) is 9.62. The summed E-state index contributed by atoms with van der Waals surface area (Å²) in [5.41, 5.74) is 0.953. The fourth-order valence-corrected chi connectivity index (χ4v) is 5.15. The number of hydrogen-bond acceptors (Lipinski definition) is 7. The fourth-order valence-electron chi connectivity index (χ4n) is 3.09. The van der Waals surface area contributed by atoms with Crippen LogP contribution in [0.4, 0.5) is 0 Å². The molecule has 2 N–H and O–H groups in total. The summed E-state index contributed by atoms with van der Waals surface area (Å²) in [6, 6.07) is 5.29. The summed E-state index contributed by atoms with van der Waals surface area (Å²) in [4.78, 5) is 9.15. The highest BCUT2D eigenvalue weighted by atomic mass is 127. The van der Waals surface area contributed by atoms with Gasteiger partial charge in [-0.3, -0.25) is 9.89 Å². The summed E-state index contributed by atoms with van der Waals surface area (Å²) >= 11 is 1.21. The molecule has 3 heterocycles. The highest BCUT2D eigenvalue weighted by Crippen LogP contribution is 2.15. The van der Waals surface area contributed by atoms with Crippen molar-refractivity contribution in [3.63, 3.8) is 0 Å². The predicted octanol–water partition coefficient (Wildman–Crippen LogP) is 1.72. The number of aliphatic imine (C=N–C) groups is 1. The van der Waals surface area contributed by atoms with Gasteiger partial charge in [0.2, 0.25) is 10.0 Å². The number of thiophene rings is 1. The molecule has 1 fully saturated rings. The van der Waals surface area contributed by atoms with E-state index in [9.17, 15) is 8.42 Å². The number of aryl methyl sites for hydroxylation is 1. The minimum Gasteiger partial charge on any atom is -0.361 e. The molecule has 1 saturated heterocycles. The minimum absolute atomic E-state index is 0. The molecule has 2 aromatic heterocycles. The van der Waals surface area contributed by atoms with E-state index < -0.39 is 10.0 Å². The second kappa shape index (κ2) is 12.0. The van der Waals surface area contributed by atoms with Crippen LogP contribution in [0.5, 0.6) is 0 Å². The number of nitrogens with zero attached hydrogens (tertiary/aromatic N) is 4. The number of aromatic nitrogens is 1. The van der Waals surface area contributed by atoms with Gasteiger partial charge in [-0.2, -0.15) is 0 Å². The Morgan fingerprint density at radius 2 is 2.10 bits per heavy atom. The highest BCUT2D eigenvalue weighted by molar-refractivity contribution is 14.0. The average molecular weight is 569 g/mol. The normalized spacial score (nSPS) is 15.8. The van der Waals surface area contributed by atoms with Crippen molar-refractivity contribution in [1.82, 2.24) is 25.0 Å². The molecule has 168 valence electrons. The smallest absolute Gasteiger partial charge is 0.250 e. The van der Waals surface area contributed by atoms with Crippen LogP contribution >= 0.6 is 35.3 Å². The number of piperazine rings is 1. The van der Waals surface area contributed by atoms with Gasteiger partial charge in [0.15, 0.2) is 5.96 Å². The molecule has 0 spiro atoms. The minimum atomic E-state index is -3.44. The van der Waals surface area contributed by atoms with Crippen molar-refractivity contribution in [2.75, 3.05) is 45.8 Å². The lowest BCUT2D eigenvalue weighted by atomic mass is 10.3. The average Bonchev–Trinajstić information content (AvgIpc) is 3.37. The Bertz CT molecular complexity index is 893. The molecule has 0 aliphatic carbocycles. The first kappa shape index (κ1) is 25.0. The van der Waals surface area contributed by atoms with E-state index in [1.807, 2.05) is 19.9 Å². The molecule has 12 heteroatoms. The van der Waals surface area contributed by atoms with E-state index in [2.05, 4.69) is 30.0 Å². The lowest BCUT2D eigenvalue weighted by Gasteiger charge is -2.36. The molecule has 0 unspecified atom stereocenters. The SMILES string of the molecule is CCNC(=NCCNS(=O)(=O)c1cccs1)N1CCN(Cc2cc(C)on2)CC1.I. The van der Waals surface area contributed by atoms with E-state index in [0.29, 0.717) is 10.8 Å². The molecule has 9 nitrogen and oxygen atoms in total. The largest absolute Gasteiger partial charge is 0.361 e. The summed E-state index contributed by atoms with van der Waals surface area (Å²) in [7, 11) is -3.44. The molecule has 0 aromatic carbocycles. The summed E-state index contributed by atoms with van der Waals surface area (Å²) in [5, 5.41) is 9.11. The monoisotopic (exact) mass is 568 g/mol. The molecule has 30 heavy (non-hydrogen) atoms. The van der Waals surface area contributed by atoms with Crippen molar-refractivity contribution in [3.05, 3.63) is 35.0 Å². The standard InChI is InChI=1S/C18H28N6O3S2.HI/c1-3-19-18(20-6-7-21-29(25,26)17-5-4-12-28-17)24-10-8-23(9-11-24)14-16-13-15(2)27-22-16;/h4-5,12-13,21H,3,6-11,14H2,1-2H3,(H,19,20);1H. The molecule has 0 saturated carbocycles. The van der Waals surface area contributed by atoms with E-state index in [4.69, 9.17) is 4.52 Å². The van der Waals surface area contributed by atoms with Crippen LogP contribution in [-0.2, 0) is 16.6 Å². The van der Waals surface area contributed by atoms with Crippen molar-refractivity contribution in [2.24, 2.45) is 4.99 Å². The Morgan fingerprint density at radius 1 is 1.33 bits per heavy atom. The number of rotatable bonds is 8. The molecule has 2 aromatic rings. The van der Waals surface area contributed by atoms with Gasteiger partial charge in [0, 0.05) is 51.9 Å². The molecular formula is C18H29IN6O3S2. The molecule has 0 amide bonds. The van der Waals surface area contributed by atoms with E-state index in [1.165, 1.54) is 11.3 Å². The molecular weight excluding hydrogens is 539 g/mol. The van der Waals surface area contributed by atoms with Crippen molar-refractivity contribution < 1.29 is 12.9 Å². The van der Waals surface area contributed by atoms with E-state index >= 15 is 0 Å². The second-order valence-electron chi connectivity index (χ2n) is 6.76. The molecule has 0 bridgehead atoms. The first-order valence-corrected chi connectivity index (χ1v) is 12.0. The van der Waals surface area contributed by atoms with Crippen molar-refractivity contribution in [3.8, 4) is 0 Å². The van der Waals surface area contributed by atoms with Gasteiger partial charge >= 0.3 is 0 Å². The van der Waals surface area contributed by atoms with Crippen LogP contribution in [-0.4, -0.2) is 75.1 Å². The number of nitrogens with one attached hydrogen (secondary N) is 2. The van der Waals surface area contributed by atoms with Crippen molar-refractivity contribution in [1.29, 1.82) is 0 Å². The first-order chi connectivity index (χ1) is 14.0. The van der Waals surface area contributed by atoms with Crippen LogP contribution in [0.2, 0.25) is 0 Å². The lowest BCUT2D eigenvalue weighted by molar-refractivity contribution is 0.169. The third kappa shape index (κ3) is 7.18. The van der Waals surface area contributed by atoms with Gasteiger partial charge in [-0.1, -0.05) is 11.2 Å². The maximum atomic E-state index is 12.2. The Hall–Kier alpha value is -1.22. The van der Waals surface area contributed by atoms with Gasteiger partial charge in [-0.15, -0.1) is 35.3 Å². The summed E-state index contributed by atoms with van der Waals surface area (Å²) < 4.78 is 32.4.